The molecule has 4 aromatic rings. The molecule has 3 aromatic carbocycles. The van der Waals surface area contributed by atoms with E-state index in [2.05, 4.69) is 10.2 Å². The lowest BCUT2D eigenvalue weighted by molar-refractivity contribution is 0.436. The third-order valence-corrected chi connectivity index (χ3v) is 8.20. The van der Waals surface area contributed by atoms with Gasteiger partial charge in [-0.25, -0.2) is 12.8 Å². The first kappa shape index (κ1) is 27.1. The Morgan fingerprint density at radius 2 is 1.70 bits per heavy atom. The van der Waals surface area contributed by atoms with Gasteiger partial charge in [-0.15, -0.1) is 10.2 Å². The highest BCUT2D eigenvalue weighted by Crippen LogP contribution is 2.36. The topological polar surface area (TPSA) is 85.5 Å². The van der Waals surface area contributed by atoms with E-state index in [1.54, 1.807) is 44.2 Å². The fourth-order valence-corrected chi connectivity index (χ4v) is 5.69. The minimum atomic E-state index is -3.58. The molecule has 7 nitrogen and oxygen atoms in total. The van der Waals surface area contributed by atoms with Gasteiger partial charge in [0.15, 0.2) is 11.6 Å². The summed E-state index contributed by atoms with van der Waals surface area (Å²) >= 11 is 12.3. The lowest BCUT2D eigenvalue weighted by Crippen LogP contribution is -2.30. The third kappa shape index (κ3) is 5.96. The Morgan fingerprint density at radius 1 is 1.00 bits per heavy atom. The molecule has 0 spiro atoms. The van der Waals surface area contributed by atoms with E-state index in [0.717, 1.165) is 5.56 Å². The maximum atomic E-state index is 15.3. The normalized spacial score (nSPS) is 11.8. The largest absolute Gasteiger partial charge is 0.453 e. The highest BCUT2D eigenvalue weighted by Gasteiger charge is 2.22. The van der Waals surface area contributed by atoms with Crippen LogP contribution in [0.2, 0.25) is 10.0 Å². The average molecular weight is 564 g/mol. The van der Waals surface area contributed by atoms with Crippen LogP contribution in [0.25, 0.3) is 11.5 Å². The molecule has 37 heavy (non-hydrogen) atoms. The van der Waals surface area contributed by atoms with Crippen LogP contribution in [-0.2, 0) is 16.4 Å². The molecule has 194 valence electrons. The minimum Gasteiger partial charge on any atom is -0.453 e. The van der Waals surface area contributed by atoms with E-state index >= 15 is 4.39 Å². The summed E-state index contributed by atoms with van der Waals surface area (Å²) in [5, 5.41) is 8.60. The molecule has 0 fully saturated rings. The summed E-state index contributed by atoms with van der Waals surface area (Å²) in [6, 6.07) is 14.3. The molecule has 4 rings (SSSR count). The van der Waals surface area contributed by atoms with Crippen molar-refractivity contribution in [2.45, 2.75) is 32.1 Å². The molecule has 11 heteroatoms. The van der Waals surface area contributed by atoms with Crippen molar-refractivity contribution in [3.8, 4) is 23.0 Å². The first-order chi connectivity index (χ1) is 17.6. The molecule has 0 saturated heterocycles. The van der Waals surface area contributed by atoms with Crippen LogP contribution in [0.4, 0.5) is 4.39 Å². The molecule has 0 aliphatic heterocycles. The summed E-state index contributed by atoms with van der Waals surface area (Å²) in [6.07, 6.45) is -0.00460. The van der Waals surface area contributed by atoms with Crippen molar-refractivity contribution in [1.29, 1.82) is 0 Å². The van der Waals surface area contributed by atoms with Gasteiger partial charge in [0, 0.05) is 29.2 Å². The van der Waals surface area contributed by atoms with Crippen LogP contribution >= 0.6 is 23.2 Å². The third-order valence-electron chi connectivity index (χ3n) is 5.62. The molecule has 0 aliphatic carbocycles. The summed E-state index contributed by atoms with van der Waals surface area (Å²) in [5.74, 6) is -0.0847. The van der Waals surface area contributed by atoms with E-state index in [1.807, 2.05) is 6.92 Å². The summed E-state index contributed by atoms with van der Waals surface area (Å²) < 4.78 is 53.5. The number of benzene rings is 3. The molecule has 0 amide bonds. The smallest absolute Gasteiger partial charge is 0.247 e. The van der Waals surface area contributed by atoms with Crippen LogP contribution in [0.5, 0.6) is 11.5 Å². The standard InChI is InChI=1S/C26H24Cl2FN3O4S/c1-4-32(5-2)37(33,34)21-9-6-17(7-10-21)26-31-30-23(36-26)14-18-8-11-22(28)25(24(18)29)35-20-13-16(3)12-19(27)15-20/h6-13,15H,4-5,14H2,1-3H3. The number of ether oxygens (including phenoxy) is 1. The fraction of sp³-hybridized carbons (Fsp3) is 0.231. The number of sulfonamides is 1. The van der Waals surface area contributed by atoms with E-state index in [1.165, 1.54) is 28.6 Å². The number of hydrogen-bond acceptors (Lipinski definition) is 6. The van der Waals surface area contributed by atoms with E-state index < -0.39 is 15.8 Å². The Hall–Kier alpha value is -2.98. The summed E-state index contributed by atoms with van der Waals surface area (Å²) in [5.41, 5.74) is 1.63. The number of nitrogens with zero attached hydrogens (tertiary/aromatic N) is 3. The molecule has 0 saturated carbocycles. The van der Waals surface area contributed by atoms with Crippen molar-refractivity contribution in [2.24, 2.45) is 0 Å². The number of aromatic nitrogens is 2. The molecule has 1 heterocycles. The van der Waals surface area contributed by atoms with Gasteiger partial charge < -0.3 is 9.15 Å². The lowest BCUT2D eigenvalue weighted by Gasteiger charge is -2.18. The van der Waals surface area contributed by atoms with E-state index in [9.17, 15) is 8.42 Å². The predicted molar refractivity (Wildman–Crippen MR) is 140 cm³/mol. The number of halogens is 3. The Kier molecular flexibility index (Phi) is 8.18. The molecule has 0 unspecified atom stereocenters. The van der Waals surface area contributed by atoms with Crippen molar-refractivity contribution in [3.05, 3.63) is 87.5 Å². The summed E-state index contributed by atoms with van der Waals surface area (Å²) in [4.78, 5) is 0.172. The number of aryl methyl sites for hydroxylation is 1. The van der Waals surface area contributed by atoms with Gasteiger partial charge in [0.2, 0.25) is 21.8 Å². The van der Waals surface area contributed by atoms with Gasteiger partial charge in [-0.1, -0.05) is 43.1 Å². The minimum absolute atomic E-state index is 0.00460. The Balaban J connectivity index is 1.54. The fourth-order valence-electron chi connectivity index (χ4n) is 3.77. The molecule has 0 aliphatic rings. The van der Waals surface area contributed by atoms with Crippen molar-refractivity contribution < 1.29 is 22.0 Å². The number of rotatable bonds is 9. The van der Waals surface area contributed by atoms with E-state index in [-0.39, 0.29) is 39.4 Å². The van der Waals surface area contributed by atoms with Crippen LogP contribution in [0.15, 0.2) is 63.9 Å². The zero-order chi connectivity index (χ0) is 26.7. The van der Waals surface area contributed by atoms with Gasteiger partial charge >= 0.3 is 0 Å². The predicted octanol–water partition coefficient (Wildman–Crippen LogP) is 6.90. The number of hydrogen-bond donors (Lipinski definition) is 0. The van der Waals surface area contributed by atoms with Crippen molar-refractivity contribution in [1.82, 2.24) is 14.5 Å². The lowest BCUT2D eigenvalue weighted by atomic mass is 10.1. The summed E-state index contributed by atoms with van der Waals surface area (Å²) in [7, 11) is -3.58. The van der Waals surface area contributed by atoms with Crippen molar-refractivity contribution in [3.63, 3.8) is 0 Å². The zero-order valence-corrected chi connectivity index (χ0v) is 22.7. The monoisotopic (exact) mass is 563 g/mol. The van der Waals surface area contributed by atoms with E-state index in [4.69, 9.17) is 32.4 Å². The maximum Gasteiger partial charge on any atom is 0.247 e. The Bertz CT molecular complexity index is 1500. The molecule has 1 aromatic heterocycles. The van der Waals surface area contributed by atoms with Gasteiger partial charge in [-0.2, -0.15) is 4.31 Å². The first-order valence-electron chi connectivity index (χ1n) is 11.5. The van der Waals surface area contributed by atoms with Crippen LogP contribution < -0.4 is 4.74 Å². The SMILES string of the molecule is CCN(CC)S(=O)(=O)c1ccc(-c2nnc(Cc3ccc(Cl)c(Oc4cc(C)cc(Cl)c4)c3F)o2)cc1. The molecular formula is C26H24Cl2FN3O4S. The van der Waals surface area contributed by atoms with Gasteiger partial charge in [-0.3, -0.25) is 0 Å². The van der Waals surface area contributed by atoms with Gasteiger partial charge in [0.05, 0.1) is 16.3 Å². The van der Waals surface area contributed by atoms with Crippen LogP contribution in [0.1, 0.15) is 30.9 Å². The first-order valence-corrected chi connectivity index (χ1v) is 13.7. The van der Waals surface area contributed by atoms with Crippen molar-refractivity contribution >= 4 is 33.2 Å². The zero-order valence-electron chi connectivity index (χ0n) is 20.3. The second-order valence-electron chi connectivity index (χ2n) is 8.21. The maximum absolute atomic E-state index is 15.3. The molecule has 0 radical (unpaired) electrons. The highest BCUT2D eigenvalue weighted by molar-refractivity contribution is 7.89. The summed E-state index contributed by atoms with van der Waals surface area (Å²) in [6.45, 7) is 6.16. The van der Waals surface area contributed by atoms with Gasteiger partial charge in [-0.05, 0) is 61.0 Å². The second-order valence-corrected chi connectivity index (χ2v) is 11.0. The van der Waals surface area contributed by atoms with Crippen LogP contribution in [0.3, 0.4) is 0 Å². The van der Waals surface area contributed by atoms with Gasteiger partial charge in [0.25, 0.3) is 0 Å². The highest BCUT2D eigenvalue weighted by atomic mass is 35.5. The Labute approximate surface area is 224 Å². The second kappa shape index (κ2) is 11.2. The van der Waals surface area contributed by atoms with Crippen molar-refractivity contribution in [2.75, 3.05) is 13.1 Å². The van der Waals surface area contributed by atoms with Crippen LogP contribution in [0, 0.1) is 12.7 Å². The molecule has 0 bridgehead atoms. The van der Waals surface area contributed by atoms with E-state index in [0.29, 0.717) is 29.4 Å². The molecule has 0 N–H and O–H groups in total. The molecular weight excluding hydrogens is 540 g/mol. The quantitative estimate of drug-likeness (QED) is 0.220. The Morgan fingerprint density at radius 3 is 2.35 bits per heavy atom. The van der Waals surface area contributed by atoms with Gasteiger partial charge in [0.1, 0.15) is 5.75 Å². The van der Waals surface area contributed by atoms with Crippen LogP contribution in [-0.4, -0.2) is 36.0 Å². The average Bonchev–Trinajstić information content (AvgIpc) is 3.32. The molecule has 0 atom stereocenters.